The van der Waals surface area contributed by atoms with Crippen LogP contribution in [-0.4, -0.2) is 48.8 Å². The maximum atomic E-state index is 12.9. The molecular weight excluding hydrogens is 368 g/mol. The van der Waals surface area contributed by atoms with E-state index >= 15 is 0 Å². The summed E-state index contributed by atoms with van der Waals surface area (Å²) >= 11 is 0. The predicted octanol–water partition coefficient (Wildman–Crippen LogP) is 2.34. The molecule has 8 heteroatoms. The second-order valence-corrected chi connectivity index (χ2v) is 9.15. The van der Waals surface area contributed by atoms with Crippen molar-refractivity contribution in [1.82, 2.24) is 9.62 Å². The SMILES string of the molecule is CCC(NC(=O)C1CCN(S(=O)(=O)c2ccccc2C(=O)O)CC1)C(C)C. The summed E-state index contributed by atoms with van der Waals surface area (Å²) in [5, 5.41) is 12.3. The standard InChI is InChI=1S/C19H28N2O5S/c1-4-16(13(2)3)20-18(22)14-9-11-21(12-10-14)27(25,26)17-8-6-5-7-15(17)19(23)24/h5-8,13-14,16H,4,9-12H2,1-3H3,(H,20,22)(H,23,24). The Hall–Kier alpha value is -1.93. The summed E-state index contributed by atoms with van der Waals surface area (Å²) in [5.74, 6) is -1.19. The van der Waals surface area contributed by atoms with Crippen LogP contribution >= 0.6 is 0 Å². The number of hydrogen-bond donors (Lipinski definition) is 2. The summed E-state index contributed by atoms with van der Waals surface area (Å²) in [6.07, 6.45) is 1.70. The summed E-state index contributed by atoms with van der Waals surface area (Å²) in [7, 11) is -3.91. The van der Waals surface area contributed by atoms with E-state index in [-0.39, 0.29) is 41.4 Å². The smallest absolute Gasteiger partial charge is 0.337 e. The van der Waals surface area contributed by atoms with Crippen LogP contribution in [0.3, 0.4) is 0 Å². The molecule has 1 unspecified atom stereocenters. The Morgan fingerprint density at radius 1 is 1.22 bits per heavy atom. The van der Waals surface area contributed by atoms with Gasteiger partial charge < -0.3 is 10.4 Å². The van der Waals surface area contributed by atoms with Crippen molar-refractivity contribution < 1.29 is 23.1 Å². The molecule has 0 radical (unpaired) electrons. The summed E-state index contributed by atoms with van der Waals surface area (Å²) in [6.45, 7) is 6.55. The van der Waals surface area contributed by atoms with E-state index in [0.29, 0.717) is 18.8 Å². The molecule has 2 N–H and O–H groups in total. The van der Waals surface area contributed by atoms with Crippen molar-refractivity contribution in [3.8, 4) is 0 Å². The molecule has 1 aliphatic heterocycles. The highest BCUT2D eigenvalue weighted by Crippen LogP contribution is 2.26. The van der Waals surface area contributed by atoms with Gasteiger partial charge in [0.1, 0.15) is 0 Å². The highest BCUT2D eigenvalue weighted by atomic mass is 32.2. The van der Waals surface area contributed by atoms with Gasteiger partial charge in [0, 0.05) is 25.0 Å². The first-order valence-electron chi connectivity index (χ1n) is 9.31. The fourth-order valence-corrected chi connectivity index (χ4v) is 5.06. The van der Waals surface area contributed by atoms with Crippen LogP contribution in [0.4, 0.5) is 0 Å². The zero-order valence-electron chi connectivity index (χ0n) is 16.0. The summed E-state index contributed by atoms with van der Waals surface area (Å²) in [6, 6.07) is 5.72. The third kappa shape index (κ3) is 4.87. The average Bonchev–Trinajstić information content (AvgIpc) is 2.65. The second kappa shape index (κ2) is 8.84. The van der Waals surface area contributed by atoms with Crippen LogP contribution in [0.15, 0.2) is 29.2 Å². The molecule has 1 aromatic rings. The third-order valence-corrected chi connectivity index (χ3v) is 7.09. The zero-order valence-corrected chi connectivity index (χ0v) is 16.8. The minimum Gasteiger partial charge on any atom is -0.478 e. The Morgan fingerprint density at radius 2 is 1.81 bits per heavy atom. The van der Waals surface area contributed by atoms with E-state index in [4.69, 9.17) is 0 Å². The first-order chi connectivity index (χ1) is 12.7. The minimum absolute atomic E-state index is 0.0291. The van der Waals surface area contributed by atoms with Crippen molar-refractivity contribution in [2.24, 2.45) is 11.8 Å². The highest BCUT2D eigenvalue weighted by molar-refractivity contribution is 7.89. The van der Waals surface area contributed by atoms with Gasteiger partial charge in [0.25, 0.3) is 0 Å². The van der Waals surface area contributed by atoms with E-state index in [0.717, 1.165) is 6.42 Å². The molecule has 1 atom stereocenters. The lowest BCUT2D eigenvalue weighted by molar-refractivity contribution is -0.127. The molecule has 0 aliphatic carbocycles. The van der Waals surface area contributed by atoms with E-state index in [2.05, 4.69) is 19.2 Å². The molecule has 1 fully saturated rings. The van der Waals surface area contributed by atoms with Gasteiger partial charge in [-0.3, -0.25) is 4.79 Å². The van der Waals surface area contributed by atoms with Gasteiger partial charge in [0.2, 0.25) is 15.9 Å². The second-order valence-electron chi connectivity index (χ2n) is 7.25. The van der Waals surface area contributed by atoms with Crippen LogP contribution in [0.5, 0.6) is 0 Å². The van der Waals surface area contributed by atoms with Gasteiger partial charge in [-0.2, -0.15) is 4.31 Å². The molecule has 2 rings (SSSR count). The molecule has 1 aromatic carbocycles. The number of benzene rings is 1. The number of carbonyl (C=O) groups excluding carboxylic acids is 1. The van der Waals surface area contributed by atoms with Crippen molar-refractivity contribution >= 4 is 21.9 Å². The van der Waals surface area contributed by atoms with E-state index < -0.39 is 16.0 Å². The first kappa shape index (κ1) is 21.4. The quantitative estimate of drug-likeness (QED) is 0.736. The molecule has 0 spiro atoms. The molecule has 0 saturated carbocycles. The van der Waals surface area contributed by atoms with Crippen LogP contribution < -0.4 is 5.32 Å². The number of hydrogen-bond acceptors (Lipinski definition) is 4. The molecule has 7 nitrogen and oxygen atoms in total. The minimum atomic E-state index is -3.91. The van der Waals surface area contributed by atoms with Crippen molar-refractivity contribution in [2.45, 2.75) is 51.0 Å². The van der Waals surface area contributed by atoms with Crippen molar-refractivity contribution in [3.05, 3.63) is 29.8 Å². The van der Waals surface area contributed by atoms with Gasteiger partial charge in [0.05, 0.1) is 10.5 Å². The lowest BCUT2D eigenvalue weighted by Crippen LogP contribution is -2.46. The van der Waals surface area contributed by atoms with Gasteiger partial charge in [-0.25, -0.2) is 13.2 Å². The number of carboxylic acid groups (broad SMARTS) is 1. The largest absolute Gasteiger partial charge is 0.478 e. The summed E-state index contributed by atoms with van der Waals surface area (Å²) in [5.41, 5.74) is -0.236. The third-order valence-electron chi connectivity index (χ3n) is 5.13. The molecule has 1 aliphatic rings. The topological polar surface area (TPSA) is 104 Å². The van der Waals surface area contributed by atoms with Crippen molar-refractivity contribution in [1.29, 1.82) is 0 Å². The number of sulfonamides is 1. The summed E-state index contributed by atoms with van der Waals surface area (Å²) < 4.78 is 27.0. The van der Waals surface area contributed by atoms with Crippen LogP contribution in [0.25, 0.3) is 0 Å². The van der Waals surface area contributed by atoms with Crippen molar-refractivity contribution in [3.63, 3.8) is 0 Å². The fraction of sp³-hybridized carbons (Fsp3) is 0.579. The number of carbonyl (C=O) groups is 2. The fourth-order valence-electron chi connectivity index (χ4n) is 3.41. The Labute approximate surface area is 160 Å². The molecule has 1 heterocycles. The Balaban J connectivity index is 2.07. The predicted molar refractivity (Wildman–Crippen MR) is 102 cm³/mol. The number of piperidine rings is 1. The number of nitrogens with one attached hydrogen (secondary N) is 1. The summed E-state index contributed by atoms with van der Waals surface area (Å²) in [4.78, 5) is 23.6. The zero-order chi connectivity index (χ0) is 20.2. The number of amides is 1. The van der Waals surface area contributed by atoms with Crippen LogP contribution in [0.2, 0.25) is 0 Å². The van der Waals surface area contributed by atoms with E-state index in [1.807, 2.05) is 6.92 Å². The monoisotopic (exact) mass is 396 g/mol. The molecule has 27 heavy (non-hydrogen) atoms. The Bertz CT molecular complexity index is 783. The average molecular weight is 397 g/mol. The molecule has 0 aromatic heterocycles. The Kier molecular flexibility index (Phi) is 7.00. The van der Waals surface area contributed by atoms with E-state index in [1.54, 1.807) is 0 Å². The van der Waals surface area contributed by atoms with Gasteiger partial charge >= 0.3 is 5.97 Å². The maximum absolute atomic E-state index is 12.9. The lowest BCUT2D eigenvalue weighted by Gasteiger charge is -2.32. The van der Waals surface area contributed by atoms with E-state index in [1.165, 1.54) is 28.6 Å². The van der Waals surface area contributed by atoms with Crippen LogP contribution in [-0.2, 0) is 14.8 Å². The number of aromatic carboxylic acids is 1. The molecular formula is C19H28N2O5S. The van der Waals surface area contributed by atoms with Gasteiger partial charge in [-0.05, 0) is 37.3 Å². The first-order valence-corrected chi connectivity index (χ1v) is 10.7. The number of carboxylic acids is 1. The van der Waals surface area contributed by atoms with Gasteiger partial charge in [-0.15, -0.1) is 0 Å². The number of nitrogens with zero attached hydrogens (tertiary/aromatic N) is 1. The molecule has 1 saturated heterocycles. The normalized spacial score (nSPS) is 17.6. The van der Waals surface area contributed by atoms with Gasteiger partial charge in [-0.1, -0.05) is 32.9 Å². The van der Waals surface area contributed by atoms with Crippen molar-refractivity contribution in [2.75, 3.05) is 13.1 Å². The Morgan fingerprint density at radius 3 is 2.33 bits per heavy atom. The van der Waals surface area contributed by atoms with Crippen LogP contribution in [0.1, 0.15) is 50.4 Å². The maximum Gasteiger partial charge on any atom is 0.337 e. The van der Waals surface area contributed by atoms with Gasteiger partial charge in [0.15, 0.2) is 0 Å². The van der Waals surface area contributed by atoms with E-state index in [9.17, 15) is 23.1 Å². The molecule has 1 amide bonds. The highest BCUT2D eigenvalue weighted by Gasteiger charge is 2.34. The van der Waals surface area contributed by atoms with Crippen LogP contribution in [0, 0.1) is 11.8 Å². The lowest BCUT2D eigenvalue weighted by atomic mass is 9.95. The number of rotatable bonds is 7. The molecule has 0 bridgehead atoms. The molecule has 150 valence electrons.